The number of nitrogens with one attached hydrogen (secondary N) is 2. The van der Waals surface area contributed by atoms with Gasteiger partial charge in [-0.05, 0) is 42.4 Å². The van der Waals surface area contributed by atoms with Gasteiger partial charge in [0, 0.05) is 23.3 Å². The van der Waals surface area contributed by atoms with Gasteiger partial charge in [0.1, 0.15) is 11.9 Å². The Morgan fingerprint density at radius 1 is 1.09 bits per heavy atom. The zero-order chi connectivity index (χ0) is 16.1. The lowest BCUT2D eigenvalue weighted by molar-refractivity contribution is 0.205. The summed E-state index contributed by atoms with van der Waals surface area (Å²) in [4.78, 5) is 0. The first-order valence-corrected chi connectivity index (χ1v) is 7.80. The standard InChI is InChI=1S/C18H18ClN3O/c1-20-12-18(23-17-8-6-16(19)7-9-17)14-4-2-13(3-5-14)15-10-21-22-11-15/h2-11,18,20H,12H2,1H3,(H,21,22). The molecule has 0 bridgehead atoms. The number of rotatable bonds is 6. The lowest BCUT2D eigenvalue weighted by Gasteiger charge is -2.19. The molecular weight excluding hydrogens is 310 g/mol. The second-order valence-corrected chi connectivity index (χ2v) is 5.66. The van der Waals surface area contributed by atoms with Crippen LogP contribution in [0.25, 0.3) is 11.1 Å². The normalized spacial score (nSPS) is 12.1. The van der Waals surface area contributed by atoms with Crippen molar-refractivity contribution in [3.05, 3.63) is 71.5 Å². The Labute approximate surface area is 140 Å². The third-order valence-electron chi connectivity index (χ3n) is 3.60. The number of hydrogen-bond acceptors (Lipinski definition) is 3. The van der Waals surface area contributed by atoms with Gasteiger partial charge in [-0.2, -0.15) is 5.10 Å². The fraction of sp³-hybridized carbons (Fsp3) is 0.167. The van der Waals surface area contributed by atoms with Crippen molar-refractivity contribution in [2.24, 2.45) is 0 Å². The van der Waals surface area contributed by atoms with E-state index in [9.17, 15) is 0 Å². The summed E-state index contributed by atoms with van der Waals surface area (Å²) in [6.07, 6.45) is 3.62. The number of halogens is 1. The molecule has 118 valence electrons. The topological polar surface area (TPSA) is 49.9 Å². The van der Waals surface area contributed by atoms with E-state index >= 15 is 0 Å². The van der Waals surface area contributed by atoms with Crippen LogP contribution in [0.2, 0.25) is 5.02 Å². The van der Waals surface area contributed by atoms with Gasteiger partial charge in [0.25, 0.3) is 0 Å². The zero-order valence-corrected chi connectivity index (χ0v) is 13.5. The van der Waals surface area contributed by atoms with Crippen molar-refractivity contribution in [3.8, 4) is 16.9 Å². The second-order valence-electron chi connectivity index (χ2n) is 5.23. The predicted molar refractivity (Wildman–Crippen MR) is 92.8 cm³/mol. The first kappa shape index (κ1) is 15.6. The van der Waals surface area contributed by atoms with Crippen LogP contribution in [0.1, 0.15) is 11.7 Å². The molecule has 0 aliphatic rings. The zero-order valence-electron chi connectivity index (χ0n) is 12.8. The molecule has 1 unspecified atom stereocenters. The second kappa shape index (κ2) is 7.31. The Morgan fingerprint density at radius 3 is 2.43 bits per heavy atom. The van der Waals surface area contributed by atoms with Crippen LogP contribution in [0.3, 0.4) is 0 Å². The summed E-state index contributed by atoms with van der Waals surface area (Å²) in [6.45, 7) is 0.716. The third kappa shape index (κ3) is 3.92. The quantitative estimate of drug-likeness (QED) is 0.717. The van der Waals surface area contributed by atoms with Crippen LogP contribution >= 0.6 is 11.6 Å². The fourth-order valence-electron chi connectivity index (χ4n) is 2.39. The van der Waals surface area contributed by atoms with E-state index < -0.39 is 0 Å². The van der Waals surface area contributed by atoms with E-state index in [0.29, 0.717) is 11.6 Å². The highest BCUT2D eigenvalue weighted by Crippen LogP contribution is 2.25. The van der Waals surface area contributed by atoms with Gasteiger partial charge < -0.3 is 10.1 Å². The number of aromatic amines is 1. The van der Waals surface area contributed by atoms with Crippen molar-refractivity contribution in [1.29, 1.82) is 0 Å². The number of likely N-dealkylation sites (N-methyl/N-ethyl adjacent to an activating group) is 1. The van der Waals surface area contributed by atoms with E-state index in [1.54, 1.807) is 0 Å². The molecule has 0 saturated carbocycles. The predicted octanol–water partition coefficient (Wildman–Crippen LogP) is 4.07. The molecule has 0 aliphatic heterocycles. The molecule has 1 atom stereocenters. The highest BCUT2D eigenvalue weighted by molar-refractivity contribution is 6.30. The maximum Gasteiger partial charge on any atom is 0.136 e. The first-order valence-electron chi connectivity index (χ1n) is 7.42. The number of ether oxygens (including phenoxy) is 1. The van der Waals surface area contributed by atoms with E-state index in [1.165, 1.54) is 0 Å². The van der Waals surface area contributed by atoms with E-state index in [2.05, 4.69) is 39.8 Å². The minimum atomic E-state index is -0.0698. The summed E-state index contributed by atoms with van der Waals surface area (Å²) >= 11 is 5.92. The molecule has 23 heavy (non-hydrogen) atoms. The largest absolute Gasteiger partial charge is 0.484 e. The van der Waals surface area contributed by atoms with Gasteiger partial charge in [-0.3, -0.25) is 5.10 Å². The van der Waals surface area contributed by atoms with Crippen LogP contribution in [0.4, 0.5) is 0 Å². The van der Waals surface area contributed by atoms with Gasteiger partial charge in [-0.25, -0.2) is 0 Å². The molecule has 1 aromatic heterocycles. The third-order valence-corrected chi connectivity index (χ3v) is 3.85. The van der Waals surface area contributed by atoms with Crippen molar-refractivity contribution in [1.82, 2.24) is 15.5 Å². The number of hydrogen-bond donors (Lipinski definition) is 2. The van der Waals surface area contributed by atoms with Gasteiger partial charge in [-0.1, -0.05) is 35.9 Å². The average Bonchev–Trinajstić information content (AvgIpc) is 3.11. The van der Waals surface area contributed by atoms with E-state index in [-0.39, 0.29) is 6.10 Å². The number of benzene rings is 2. The van der Waals surface area contributed by atoms with E-state index in [0.717, 1.165) is 22.4 Å². The van der Waals surface area contributed by atoms with Crippen LogP contribution in [-0.2, 0) is 0 Å². The minimum absolute atomic E-state index is 0.0698. The average molecular weight is 328 g/mol. The van der Waals surface area contributed by atoms with Gasteiger partial charge in [0.05, 0.1) is 6.20 Å². The molecule has 0 amide bonds. The molecule has 3 rings (SSSR count). The first-order chi connectivity index (χ1) is 11.3. The Balaban J connectivity index is 1.78. The Bertz CT molecular complexity index is 724. The minimum Gasteiger partial charge on any atom is -0.484 e. The SMILES string of the molecule is CNCC(Oc1ccc(Cl)cc1)c1ccc(-c2cn[nH]c2)cc1. The summed E-state index contributed by atoms with van der Waals surface area (Å²) in [5, 5.41) is 10.7. The van der Waals surface area contributed by atoms with Gasteiger partial charge >= 0.3 is 0 Å². The van der Waals surface area contributed by atoms with Gasteiger partial charge in [0.15, 0.2) is 0 Å². The summed E-state index contributed by atoms with van der Waals surface area (Å²) in [6, 6.07) is 15.7. The fourth-order valence-corrected chi connectivity index (χ4v) is 2.52. The molecule has 5 heteroatoms. The molecule has 0 aliphatic carbocycles. The van der Waals surface area contributed by atoms with E-state index in [4.69, 9.17) is 16.3 Å². The molecule has 3 aromatic rings. The molecule has 0 spiro atoms. The van der Waals surface area contributed by atoms with E-state index in [1.807, 2.05) is 43.7 Å². The Morgan fingerprint density at radius 2 is 1.83 bits per heavy atom. The van der Waals surface area contributed by atoms with Crippen LogP contribution < -0.4 is 10.1 Å². The van der Waals surface area contributed by atoms with Crippen LogP contribution in [0.5, 0.6) is 5.75 Å². The highest BCUT2D eigenvalue weighted by atomic mass is 35.5. The number of H-pyrrole nitrogens is 1. The van der Waals surface area contributed by atoms with Crippen LogP contribution in [-0.4, -0.2) is 23.8 Å². The molecule has 0 saturated heterocycles. The van der Waals surface area contributed by atoms with Crippen molar-refractivity contribution >= 4 is 11.6 Å². The lowest BCUT2D eigenvalue weighted by atomic mass is 10.0. The smallest absolute Gasteiger partial charge is 0.136 e. The summed E-state index contributed by atoms with van der Waals surface area (Å²) < 4.78 is 6.09. The molecule has 0 radical (unpaired) electrons. The molecule has 2 N–H and O–H groups in total. The van der Waals surface area contributed by atoms with Crippen LogP contribution in [0, 0.1) is 0 Å². The number of aromatic nitrogens is 2. The Hall–Kier alpha value is -2.30. The number of nitrogens with zero attached hydrogens (tertiary/aromatic N) is 1. The summed E-state index contributed by atoms with van der Waals surface area (Å²) in [5.74, 6) is 0.800. The van der Waals surface area contributed by atoms with Crippen molar-refractivity contribution in [3.63, 3.8) is 0 Å². The maximum atomic E-state index is 6.09. The van der Waals surface area contributed by atoms with Crippen LogP contribution in [0.15, 0.2) is 60.9 Å². The molecular formula is C18H18ClN3O. The van der Waals surface area contributed by atoms with Crippen molar-refractivity contribution in [2.45, 2.75) is 6.10 Å². The Kier molecular flexibility index (Phi) is 4.95. The summed E-state index contributed by atoms with van der Waals surface area (Å²) in [7, 11) is 1.91. The highest BCUT2D eigenvalue weighted by Gasteiger charge is 2.13. The van der Waals surface area contributed by atoms with Gasteiger partial charge in [-0.15, -0.1) is 0 Å². The molecule has 2 aromatic carbocycles. The van der Waals surface area contributed by atoms with Crippen molar-refractivity contribution < 1.29 is 4.74 Å². The monoisotopic (exact) mass is 327 g/mol. The molecule has 4 nitrogen and oxygen atoms in total. The molecule has 1 heterocycles. The van der Waals surface area contributed by atoms with Gasteiger partial charge in [0.2, 0.25) is 0 Å². The van der Waals surface area contributed by atoms with Crippen molar-refractivity contribution in [2.75, 3.05) is 13.6 Å². The molecule has 0 fully saturated rings. The summed E-state index contributed by atoms with van der Waals surface area (Å²) in [5.41, 5.74) is 3.30. The lowest BCUT2D eigenvalue weighted by Crippen LogP contribution is -2.21. The maximum absolute atomic E-state index is 6.09.